The fourth-order valence-corrected chi connectivity index (χ4v) is 2.51. The van der Waals surface area contributed by atoms with Gasteiger partial charge in [-0.15, -0.1) is 0 Å². The van der Waals surface area contributed by atoms with Crippen LogP contribution in [0.4, 0.5) is 20.7 Å². The smallest absolute Gasteiger partial charge is 0.330 e. The first-order valence-electron chi connectivity index (χ1n) is 8.99. The van der Waals surface area contributed by atoms with E-state index in [1.807, 2.05) is 19.9 Å². The van der Waals surface area contributed by atoms with Gasteiger partial charge in [-0.3, -0.25) is 9.91 Å². The lowest BCUT2D eigenvalue weighted by atomic mass is 10.2. The van der Waals surface area contributed by atoms with Crippen molar-refractivity contribution in [2.45, 2.75) is 20.3 Å². The molecular weight excluding hydrogens is 361 g/mol. The highest BCUT2D eigenvalue weighted by Gasteiger charge is 2.20. The number of nitrogens with two attached hydrogens (primary N) is 1. The molecule has 0 spiro atoms. The van der Waals surface area contributed by atoms with Gasteiger partial charge in [-0.25, -0.2) is 19.6 Å². The number of nitrogens with one attached hydrogen (secondary N) is 1. The molecule has 9 heteroatoms. The number of aromatic nitrogens is 2. The molecule has 0 aliphatic heterocycles. The Morgan fingerprint density at radius 2 is 2.04 bits per heavy atom. The lowest BCUT2D eigenvalue weighted by molar-refractivity contribution is 0.244. The molecule has 1 aromatic heterocycles. The zero-order chi connectivity index (χ0) is 20.5. The van der Waals surface area contributed by atoms with E-state index in [9.17, 15) is 9.18 Å². The van der Waals surface area contributed by atoms with Crippen LogP contribution >= 0.6 is 0 Å². The average Bonchev–Trinajstić information content (AvgIpc) is 2.68. The van der Waals surface area contributed by atoms with Crippen molar-refractivity contribution in [3.63, 3.8) is 0 Å². The minimum Gasteiger partial charge on any atom is -0.330 e. The van der Waals surface area contributed by atoms with E-state index >= 15 is 0 Å². The van der Waals surface area contributed by atoms with E-state index < -0.39 is 6.03 Å². The van der Waals surface area contributed by atoms with Crippen LogP contribution in [0.2, 0.25) is 0 Å². The highest BCUT2D eigenvalue weighted by molar-refractivity contribution is 5.92. The molecule has 8 nitrogen and oxygen atoms in total. The van der Waals surface area contributed by atoms with Crippen molar-refractivity contribution in [2.24, 2.45) is 11.7 Å². The predicted octanol–water partition coefficient (Wildman–Crippen LogP) is 2.43. The van der Waals surface area contributed by atoms with Crippen LogP contribution in [0.1, 0.15) is 26.1 Å². The summed E-state index contributed by atoms with van der Waals surface area (Å²) >= 11 is 0. The summed E-state index contributed by atoms with van der Waals surface area (Å²) in [5.41, 5.74) is 8.97. The van der Waals surface area contributed by atoms with Crippen LogP contribution in [0.25, 0.3) is 0 Å². The van der Waals surface area contributed by atoms with Crippen molar-refractivity contribution in [1.82, 2.24) is 15.4 Å². The van der Waals surface area contributed by atoms with Crippen molar-refractivity contribution >= 4 is 17.5 Å². The second kappa shape index (κ2) is 10.2. The lowest BCUT2D eigenvalue weighted by Crippen LogP contribution is -2.51. The summed E-state index contributed by atoms with van der Waals surface area (Å²) in [5, 5.41) is 10.6. The van der Waals surface area contributed by atoms with Gasteiger partial charge in [0.15, 0.2) is 5.82 Å². The predicted molar refractivity (Wildman–Crippen MR) is 105 cm³/mol. The molecule has 148 valence electrons. The number of benzene rings is 1. The number of urea groups is 1. The van der Waals surface area contributed by atoms with E-state index in [1.165, 1.54) is 35.4 Å². The molecule has 0 bridgehead atoms. The summed E-state index contributed by atoms with van der Waals surface area (Å²) in [4.78, 5) is 22.5. The fourth-order valence-electron chi connectivity index (χ4n) is 2.51. The minimum atomic E-state index is -0.405. The molecule has 0 atom stereocenters. The summed E-state index contributed by atoms with van der Waals surface area (Å²) in [7, 11) is 0. The van der Waals surface area contributed by atoms with Crippen LogP contribution in [-0.4, -0.2) is 35.6 Å². The number of nitriles is 1. The maximum atomic E-state index is 13.3. The Kier molecular flexibility index (Phi) is 7.65. The van der Waals surface area contributed by atoms with Crippen LogP contribution in [0.15, 0.2) is 36.5 Å². The maximum absolute atomic E-state index is 13.3. The molecule has 28 heavy (non-hydrogen) atoms. The van der Waals surface area contributed by atoms with Gasteiger partial charge in [0.25, 0.3) is 0 Å². The summed E-state index contributed by atoms with van der Waals surface area (Å²) < 4.78 is 13.3. The van der Waals surface area contributed by atoms with E-state index in [4.69, 9.17) is 11.0 Å². The number of halogens is 1. The van der Waals surface area contributed by atoms with Crippen LogP contribution < -0.4 is 21.1 Å². The van der Waals surface area contributed by atoms with Gasteiger partial charge in [-0.1, -0.05) is 13.8 Å². The first kappa shape index (κ1) is 21.1. The van der Waals surface area contributed by atoms with Gasteiger partial charge in [0.1, 0.15) is 11.9 Å². The Labute approximate surface area is 163 Å². The van der Waals surface area contributed by atoms with E-state index in [-0.39, 0.29) is 17.6 Å². The molecule has 0 unspecified atom stereocenters. The molecule has 2 aromatic rings. The largest absolute Gasteiger partial charge is 0.340 e. The average molecular weight is 385 g/mol. The monoisotopic (exact) mass is 385 g/mol. The topological polar surface area (TPSA) is 111 Å². The van der Waals surface area contributed by atoms with Gasteiger partial charge in [-0.2, -0.15) is 10.2 Å². The van der Waals surface area contributed by atoms with E-state index in [0.29, 0.717) is 37.6 Å². The molecular formula is C19H24FN7O. The number of rotatable bonds is 8. The van der Waals surface area contributed by atoms with Crippen molar-refractivity contribution < 1.29 is 9.18 Å². The third-order valence-electron chi connectivity index (χ3n) is 3.77. The molecule has 0 fully saturated rings. The van der Waals surface area contributed by atoms with Crippen LogP contribution in [0.3, 0.4) is 0 Å². The molecule has 0 radical (unpaired) electrons. The highest BCUT2D eigenvalue weighted by Crippen LogP contribution is 2.17. The molecule has 2 rings (SSSR count). The van der Waals surface area contributed by atoms with E-state index in [1.54, 1.807) is 11.1 Å². The van der Waals surface area contributed by atoms with Gasteiger partial charge >= 0.3 is 6.03 Å². The second-order valence-corrected chi connectivity index (χ2v) is 6.54. The number of anilines is 2. The fraction of sp³-hybridized carbons (Fsp3) is 0.368. The summed E-state index contributed by atoms with van der Waals surface area (Å²) in [6.45, 7) is 5.26. The van der Waals surface area contributed by atoms with Gasteiger partial charge < -0.3 is 5.73 Å². The number of hydrogen-bond acceptors (Lipinski definition) is 6. The Balaban J connectivity index is 2.27. The van der Waals surface area contributed by atoms with Crippen LogP contribution in [-0.2, 0) is 0 Å². The Morgan fingerprint density at radius 1 is 1.32 bits per heavy atom. The van der Waals surface area contributed by atoms with Gasteiger partial charge in [-0.05, 0) is 43.1 Å². The summed E-state index contributed by atoms with van der Waals surface area (Å²) in [6, 6.07) is 8.78. The molecule has 2 amide bonds. The third-order valence-corrected chi connectivity index (χ3v) is 3.77. The Bertz CT molecular complexity index is 820. The third kappa shape index (κ3) is 5.89. The van der Waals surface area contributed by atoms with Crippen molar-refractivity contribution in [3.8, 4) is 6.07 Å². The first-order valence-corrected chi connectivity index (χ1v) is 8.99. The van der Waals surface area contributed by atoms with Crippen LogP contribution in [0.5, 0.6) is 0 Å². The van der Waals surface area contributed by atoms with Gasteiger partial charge in [0, 0.05) is 31.0 Å². The second-order valence-electron chi connectivity index (χ2n) is 6.54. The minimum absolute atomic E-state index is 0.0130. The van der Waals surface area contributed by atoms with Crippen molar-refractivity contribution in [3.05, 3.63) is 48.2 Å². The lowest BCUT2D eigenvalue weighted by Gasteiger charge is -2.30. The number of hydrazine groups is 1. The number of hydrogen-bond donors (Lipinski definition) is 2. The van der Waals surface area contributed by atoms with E-state index in [2.05, 4.69) is 15.4 Å². The first-order chi connectivity index (χ1) is 13.4. The number of nitrogens with zero attached hydrogens (tertiary/aromatic N) is 5. The van der Waals surface area contributed by atoms with Crippen molar-refractivity contribution in [2.75, 3.05) is 29.5 Å². The molecule has 1 aromatic carbocycles. The summed E-state index contributed by atoms with van der Waals surface area (Å²) in [5.74, 6) is 0.254. The SMILES string of the molecule is CC(C)CN(NC(=O)N(CCCN)c1ccc(F)cc1)c1ccnc(C#N)n1. The number of amides is 2. The zero-order valence-electron chi connectivity index (χ0n) is 16.0. The van der Waals surface area contributed by atoms with Gasteiger partial charge in [0.2, 0.25) is 5.82 Å². The normalized spacial score (nSPS) is 10.4. The Hall–Kier alpha value is -3.25. The molecule has 1 heterocycles. The summed E-state index contributed by atoms with van der Waals surface area (Å²) in [6.07, 6.45) is 2.05. The highest BCUT2D eigenvalue weighted by atomic mass is 19.1. The van der Waals surface area contributed by atoms with Crippen LogP contribution in [0, 0.1) is 23.1 Å². The quantitative estimate of drug-likeness (QED) is 0.675. The molecule has 0 aliphatic rings. The van der Waals surface area contributed by atoms with Gasteiger partial charge in [0.05, 0.1) is 0 Å². The Morgan fingerprint density at radius 3 is 2.64 bits per heavy atom. The van der Waals surface area contributed by atoms with Crippen molar-refractivity contribution in [1.29, 1.82) is 5.26 Å². The molecule has 3 N–H and O–H groups in total. The molecule has 0 aliphatic carbocycles. The number of carbonyl (C=O) groups excluding carboxylic acids is 1. The zero-order valence-corrected chi connectivity index (χ0v) is 16.0. The van der Waals surface area contributed by atoms with E-state index in [0.717, 1.165) is 0 Å². The molecule has 0 saturated carbocycles. The molecule has 0 saturated heterocycles. The standard InChI is InChI=1S/C19H24FN7O/c1-14(2)13-27(18-8-10-23-17(12-22)24-18)25-19(28)26(11-3-9-21)16-6-4-15(20)5-7-16/h4-8,10,14H,3,9,11,13,21H2,1-2H3,(H,25,28). The number of carbonyl (C=O) groups is 1. The maximum Gasteiger partial charge on any atom is 0.340 e.